The number of hydrogen-bond acceptors (Lipinski definition) is 5. The molecule has 0 saturated heterocycles. The Morgan fingerprint density at radius 1 is 1.20 bits per heavy atom. The number of amides is 1. The lowest BCUT2D eigenvalue weighted by atomic mass is 10.3. The van der Waals surface area contributed by atoms with E-state index in [9.17, 15) is 9.18 Å². The van der Waals surface area contributed by atoms with Gasteiger partial charge in [-0.3, -0.25) is 4.79 Å². The van der Waals surface area contributed by atoms with Crippen LogP contribution < -0.4 is 10.1 Å². The van der Waals surface area contributed by atoms with Crippen molar-refractivity contribution in [3.8, 4) is 5.75 Å². The van der Waals surface area contributed by atoms with Gasteiger partial charge in [0.2, 0.25) is 5.91 Å². The minimum absolute atomic E-state index is 0.134. The smallest absolute Gasteiger partial charge is 0.234 e. The Bertz CT molecular complexity index is 1010. The van der Waals surface area contributed by atoms with Gasteiger partial charge >= 0.3 is 0 Å². The molecule has 2 aromatic carbocycles. The summed E-state index contributed by atoms with van der Waals surface area (Å²) in [5, 5.41) is 12.6. The molecule has 0 aliphatic rings. The fraction of sp³-hybridized carbons (Fsp3) is 0.250. The lowest BCUT2D eigenvalue weighted by molar-refractivity contribution is -0.113. The molecule has 158 valence electrons. The van der Waals surface area contributed by atoms with Gasteiger partial charge in [0.25, 0.3) is 0 Å². The van der Waals surface area contributed by atoms with Crippen LogP contribution >= 0.6 is 35.0 Å². The normalized spacial score (nSPS) is 11.9. The Kier molecular flexibility index (Phi) is 7.58. The number of carbonyl (C=O) groups excluding carboxylic acids is 1. The first-order valence-corrected chi connectivity index (χ1v) is 10.8. The first kappa shape index (κ1) is 22.4. The van der Waals surface area contributed by atoms with Crippen molar-refractivity contribution in [2.75, 3.05) is 11.1 Å². The number of nitrogens with zero attached hydrogens (tertiary/aromatic N) is 3. The Balaban J connectivity index is 1.63. The van der Waals surface area contributed by atoms with Gasteiger partial charge < -0.3 is 14.6 Å². The number of halogens is 3. The summed E-state index contributed by atoms with van der Waals surface area (Å²) in [4.78, 5) is 12.3. The van der Waals surface area contributed by atoms with Crippen LogP contribution in [0.25, 0.3) is 0 Å². The predicted molar refractivity (Wildman–Crippen MR) is 117 cm³/mol. The molecule has 1 aromatic heterocycles. The van der Waals surface area contributed by atoms with Crippen molar-refractivity contribution < 1.29 is 13.9 Å². The molecule has 3 rings (SSSR count). The molecule has 1 N–H and O–H groups in total. The highest BCUT2D eigenvalue weighted by Gasteiger charge is 2.19. The summed E-state index contributed by atoms with van der Waals surface area (Å²) < 4.78 is 20.8. The molecule has 3 aromatic rings. The van der Waals surface area contributed by atoms with Gasteiger partial charge in [-0.2, -0.15) is 0 Å². The third-order valence-electron chi connectivity index (χ3n) is 4.03. The van der Waals surface area contributed by atoms with Gasteiger partial charge in [0, 0.05) is 22.3 Å². The van der Waals surface area contributed by atoms with Gasteiger partial charge in [0.05, 0.1) is 5.75 Å². The molecule has 0 bridgehead atoms. The average molecular weight is 469 g/mol. The van der Waals surface area contributed by atoms with Gasteiger partial charge in [-0.25, -0.2) is 4.39 Å². The van der Waals surface area contributed by atoms with Crippen LogP contribution in [0.3, 0.4) is 0 Å². The van der Waals surface area contributed by atoms with E-state index in [4.69, 9.17) is 27.9 Å². The summed E-state index contributed by atoms with van der Waals surface area (Å²) in [5.74, 6) is 0.731. The van der Waals surface area contributed by atoms with E-state index in [1.54, 1.807) is 30.3 Å². The molecule has 1 amide bonds. The molecule has 1 atom stereocenters. The number of aromatic nitrogens is 3. The van der Waals surface area contributed by atoms with E-state index < -0.39 is 6.10 Å². The molecule has 0 aliphatic heterocycles. The van der Waals surface area contributed by atoms with Crippen molar-refractivity contribution in [3.05, 3.63) is 64.2 Å². The second-order valence-corrected chi connectivity index (χ2v) is 8.11. The topological polar surface area (TPSA) is 69.0 Å². The summed E-state index contributed by atoms with van der Waals surface area (Å²) in [5.41, 5.74) is 0.525. The summed E-state index contributed by atoms with van der Waals surface area (Å²) >= 11 is 13.2. The average Bonchev–Trinajstić information content (AvgIpc) is 3.10. The number of hydrogen-bond donors (Lipinski definition) is 1. The molecule has 1 unspecified atom stereocenters. The van der Waals surface area contributed by atoms with Crippen LogP contribution in [0.4, 0.5) is 10.1 Å². The Labute approximate surface area is 187 Å². The van der Waals surface area contributed by atoms with Crippen molar-refractivity contribution >= 4 is 46.6 Å². The lowest BCUT2D eigenvalue weighted by Crippen LogP contribution is -2.15. The fourth-order valence-electron chi connectivity index (χ4n) is 2.73. The molecule has 30 heavy (non-hydrogen) atoms. The molecule has 0 fully saturated rings. The molecule has 1 heterocycles. The number of ether oxygens (including phenoxy) is 1. The van der Waals surface area contributed by atoms with Gasteiger partial charge in [-0.1, -0.05) is 35.0 Å². The monoisotopic (exact) mass is 468 g/mol. The highest BCUT2D eigenvalue weighted by atomic mass is 35.5. The third-order valence-corrected chi connectivity index (χ3v) is 5.43. The fourth-order valence-corrected chi connectivity index (χ4v) is 4.06. The molecule has 0 radical (unpaired) electrons. The van der Waals surface area contributed by atoms with Crippen LogP contribution in [-0.2, 0) is 11.3 Å². The molecule has 0 saturated carbocycles. The van der Waals surface area contributed by atoms with Crippen molar-refractivity contribution in [1.82, 2.24) is 14.8 Å². The summed E-state index contributed by atoms with van der Waals surface area (Å²) in [6, 6.07) is 10.6. The van der Waals surface area contributed by atoms with E-state index in [1.165, 1.54) is 23.9 Å². The van der Waals surface area contributed by atoms with Crippen molar-refractivity contribution in [3.63, 3.8) is 0 Å². The number of rotatable bonds is 8. The van der Waals surface area contributed by atoms with Crippen LogP contribution in [0.15, 0.2) is 47.6 Å². The Hall–Kier alpha value is -2.29. The number of thioether (sulfide) groups is 1. The second-order valence-electron chi connectivity index (χ2n) is 6.29. The van der Waals surface area contributed by atoms with E-state index in [2.05, 4.69) is 15.5 Å². The molecule has 0 aliphatic carbocycles. The van der Waals surface area contributed by atoms with E-state index in [0.717, 1.165) is 0 Å². The van der Waals surface area contributed by atoms with Crippen molar-refractivity contribution in [2.45, 2.75) is 31.7 Å². The SMILES string of the molecule is CCn1c(SCC(=O)Nc2cc(Cl)cc(Cl)c2)nnc1C(C)Oc1ccc(F)cc1. The second kappa shape index (κ2) is 10.1. The predicted octanol–water partition coefficient (Wildman–Crippen LogP) is 5.61. The number of anilines is 1. The van der Waals surface area contributed by atoms with E-state index in [1.807, 2.05) is 18.4 Å². The number of carbonyl (C=O) groups is 1. The zero-order valence-corrected chi connectivity index (χ0v) is 18.6. The minimum atomic E-state index is -0.403. The van der Waals surface area contributed by atoms with Gasteiger partial charge in [-0.05, 0) is 56.3 Å². The Morgan fingerprint density at radius 2 is 1.87 bits per heavy atom. The molecule has 6 nitrogen and oxygen atoms in total. The summed E-state index contributed by atoms with van der Waals surface area (Å²) in [6.07, 6.45) is -0.403. The van der Waals surface area contributed by atoms with Crippen molar-refractivity contribution in [1.29, 1.82) is 0 Å². The third kappa shape index (κ3) is 5.87. The zero-order chi connectivity index (χ0) is 21.7. The number of benzene rings is 2. The van der Waals surface area contributed by atoms with E-state index in [0.29, 0.717) is 39.0 Å². The maximum Gasteiger partial charge on any atom is 0.234 e. The largest absolute Gasteiger partial charge is 0.483 e. The molecular formula is C20H19Cl2FN4O2S. The van der Waals surface area contributed by atoms with Crippen LogP contribution in [0.1, 0.15) is 25.8 Å². The maximum atomic E-state index is 13.1. The Morgan fingerprint density at radius 3 is 2.50 bits per heavy atom. The standard InChI is InChI=1S/C20H19Cl2FN4O2S/c1-3-27-19(12(2)29-17-6-4-15(23)5-7-17)25-26-20(27)30-11-18(28)24-16-9-13(21)8-14(22)10-16/h4-10,12H,3,11H2,1-2H3,(H,24,28). The molecule has 10 heteroatoms. The van der Waals surface area contributed by atoms with Crippen molar-refractivity contribution in [2.24, 2.45) is 0 Å². The van der Waals surface area contributed by atoms with E-state index in [-0.39, 0.29) is 17.5 Å². The van der Waals surface area contributed by atoms with Gasteiger partial charge in [0.1, 0.15) is 11.6 Å². The molecule has 0 spiro atoms. The van der Waals surface area contributed by atoms with Gasteiger partial charge in [-0.15, -0.1) is 10.2 Å². The van der Waals surface area contributed by atoms with Crippen LogP contribution in [0.5, 0.6) is 5.75 Å². The molecular weight excluding hydrogens is 450 g/mol. The van der Waals surface area contributed by atoms with Gasteiger partial charge in [0.15, 0.2) is 17.1 Å². The van der Waals surface area contributed by atoms with E-state index >= 15 is 0 Å². The maximum absolute atomic E-state index is 13.1. The number of nitrogens with one attached hydrogen (secondary N) is 1. The van der Waals surface area contributed by atoms with Crippen LogP contribution in [0.2, 0.25) is 10.0 Å². The van der Waals surface area contributed by atoms with Crippen LogP contribution in [-0.4, -0.2) is 26.4 Å². The van der Waals surface area contributed by atoms with Crippen LogP contribution in [0, 0.1) is 5.82 Å². The highest BCUT2D eigenvalue weighted by molar-refractivity contribution is 7.99. The zero-order valence-electron chi connectivity index (χ0n) is 16.2. The highest BCUT2D eigenvalue weighted by Crippen LogP contribution is 2.26. The summed E-state index contributed by atoms with van der Waals surface area (Å²) in [7, 11) is 0. The first-order chi connectivity index (χ1) is 14.4. The quantitative estimate of drug-likeness (QED) is 0.434. The minimum Gasteiger partial charge on any atom is -0.483 e. The summed E-state index contributed by atoms with van der Waals surface area (Å²) in [6.45, 7) is 4.40. The first-order valence-electron chi connectivity index (χ1n) is 9.09. The lowest BCUT2D eigenvalue weighted by Gasteiger charge is -2.15.